The van der Waals surface area contributed by atoms with Crippen LogP contribution in [-0.2, 0) is 19.7 Å². The maximum atomic E-state index is 12.2. The SMILES string of the molecule is COCCOCC(=O)N1CCC[C@](C)(c2ccccc2)C1. The molecule has 1 amide bonds. The number of carbonyl (C=O) groups is 1. The Kier molecular flexibility index (Phi) is 5.76. The van der Waals surface area contributed by atoms with Crippen LogP contribution in [0.1, 0.15) is 25.3 Å². The van der Waals surface area contributed by atoms with Crippen molar-refractivity contribution in [3.05, 3.63) is 35.9 Å². The van der Waals surface area contributed by atoms with Gasteiger partial charge in [-0.15, -0.1) is 0 Å². The Labute approximate surface area is 127 Å². The van der Waals surface area contributed by atoms with Crippen LogP contribution in [0.2, 0.25) is 0 Å². The zero-order chi connectivity index (χ0) is 15.1. The first-order chi connectivity index (χ1) is 10.2. The fraction of sp³-hybridized carbons (Fsp3) is 0.588. The summed E-state index contributed by atoms with van der Waals surface area (Å²) in [6.07, 6.45) is 2.15. The molecule has 1 aromatic carbocycles. The number of likely N-dealkylation sites (tertiary alicyclic amines) is 1. The van der Waals surface area contributed by atoms with Gasteiger partial charge in [0.2, 0.25) is 5.91 Å². The summed E-state index contributed by atoms with van der Waals surface area (Å²) in [5.41, 5.74) is 1.35. The second-order valence-corrected chi connectivity index (χ2v) is 5.89. The molecule has 1 saturated heterocycles. The van der Waals surface area contributed by atoms with Crippen LogP contribution in [0.4, 0.5) is 0 Å². The van der Waals surface area contributed by atoms with Gasteiger partial charge in [-0.3, -0.25) is 4.79 Å². The number of ether oxygens (including phenoxy) is 2. The first kappa shape index (κ1) is 16.0. The van der Waals surface area contributed by atoms with Crippen LogP contribution < -0.4 is 0 Å². The minimum Gasteiger partial charge on any atom is -0.382 e. The second-order valence-electron chi connectivity index (χ2n) is 5.89. The van der Waals surface area contributed by atoms with Crippen molar-refractivity contribution in [1.29, 1.82) is 0 Å². The van der Waals surface area contributed by atoms with E-state index in [1.165, 1.54) is 5.56 Å². The number of carbonyl (C=O) groups excluding carboxylic acids is 1. The molecule has 21 heavy (non-hydrogen) atoms. The van der Waals surface area contributed by atoms with Gasteiger partial charge in [-0.25, -0.2) is 0 Å². The van der Waals surface area contributed by atoms with Gasteiger partial charge in [-0.05, 0) is 18.4 Å². The highest BCUT2D eigenvalue weighted by molar-refractivity contribution is 5.77. The Morgan fingerprint density at radius 3 is 2.76 bits per heavy atom. The van der Waals surface area contributed by atoms with Crippen LogP contribution in [0.15, 0.2) is 30.3 Å². The third-order valence-electron chi connectivity index (χ3n) is 4.18. The Morgan fingerprint density at radius 2 is 2.05 bits per heavy atom. The van der Waals surface area contributed by atoms with Gasteiger partial charge >= 0.3 is 0 Å². The third-order valence-corrected chi connectivity index (χ3v) is 4.18. The van der Waals surface area contributed by atoms with Crippen molar-refractivity contribution in [1.82, 2.24) is 4.90 Å². The number of hydrogen-bond acceptors (Lipinski definition) is 3. The molecule has 1 heterocycles. The van der Waals surface area contributed by atoms with Gasteiger partial charge in [-0.1, -0.05) is 37.3 Å². The average Bonchev–Trinajstić information content (AvgIpc) is 2.52. The van der Waals surface area contributed by atoms with E-state index in [2.05, 4.69) is 31.2 Å². The Bertz CT molecular complexity index is 449. The van der Waals surface area contributed by atoms with E-state index in [1.54, 1.807) is 7.11 Å². The standard InChI is InChI=1S/C17H25NO3/c1-17(15-7-4-3-5-8-15)9-6-10-18(14-17)16(19)13-21-12-11-20-2/h3-5,7-8H,6,9-14H2,1-2H3/t17-/m0/s1. The first-order valence-corrected chi connectivity index (χ1v) is 7.56. The molecule has 1 fully saturated rings. The number of methoxy groups -OCH3 is 1. The quantitative estimate of drug-likeness (QED) is 0.755. The van der Waals surface area contributed by atoms with Crippen molar-refractivity contribution in [2.75, 3.05) is 40.0 Å². The van der Waals surface area contributed by atoms with Gasteiger partial charge in [0.05, 0.1) is 13.2 Å². The van der Waals surface area contributed by atoms with Crippen molar-refractivity contribution in [3.63, 3.8) is 0 Å². The van der Waals surface area contributed by atoms with E-state index in [0.717, 1.165) is 25.9 Å². The molecule has 0 spiro atoms. The van der Waals surface area contributed by atoms with E-state index in [0.29, 0.717) is 13.2 Å². The largest absolute Gasteiger partial charge is 0.382 e. The van der Waals surface area contributed by atoms with Crippen LogP contribution in [0.3, 0.4) is 0 Å². The van der Waals surface area contributed by atoms with Crippen molar-refractivity contribution < 1.29 is 14.3 Å². The molecule has 4 heteroatoms. The molecule has 0 aliphatic carbocycles. The lowest BCUT2D eigenvalue weighted by Gasteiger charge is -2.41. The van der Waals surface area contributed by atoms with Crippen LogP contribution in [-0.4, -0.2) is 50.8 Å². The molecule has 0 aromatic heterocycles. The minimum atomic E-state index is 0.0434. The lowest BCUT2D eigenvalue weighted by atomic mass is 9.76. The van der Waals surface area contributed by atoms with Gasteiger partial charge in [0.25, 0.3) is 0 Å². The Balaban J connectivity index is 1.92. The summed E-state index contributed by atoms with van der Waals surface area (Å²) in [4.78, 5) is 14.2. The fourth-order valence-corrected chi connectivity index (χ4v) is 2.92. The number of amides is 1. The lowest BCUT2D eigenvalue weighted by Crippen LogP contribution is -2.48. The predicted octanol–water partition coefficient (Wildman–Crippen LogP) is 2.23. The molecule has 116 valence electrons. The monoisotopic (exact) mass is 291 g/mol. The van der Waals surface area contributed by atoms with Crippen molar-refractivity contribution in [2.24, 2.45) is 0 Å². The lowest BCUT2D eigenvalue weighted by molar-refractivity contribution is -0.138. The Hall–Kier alpha value is -1.39. The first-order valence-electron chi connectivity index (χ1n) is 7.56. The molecule has 0 N–H and O–H groups in total. The summed E-state index contributed by atoms with van der Waals surface area (Å²) in [5, 5.41) is 0. The molecular formula is C17H25NO3. The number of nitrogens with zero attached hydrogens (tertiary/aromatic N) is 1. The number of hydrogen-bond donors (Lipinski definition) is 0. The highest BCUT2D eigenvalue weighted by atomic mass is 16.5. The highest BCUT2D eigenvalue weighted by Gasteiger charge is 2.34. The number of benzene rings is 1. The maximum absolute atomic E-state index is 12.2. The zero-order valence-electron chi connectivity index (χ0n) is 13.0. The van der Waals surface area contributed by atoms with Crippen molar-refractivity contribution in [2.45, 2.75) is 25.2 Å². The number of rotatable bonds is 6. The average molecular weight is 291 g/mol. The topological polar surface area (TPSA) is 38.8 Å². The van der Waals surface area contributed by atoms with Gasteiger partial charge in [0, 0.05) is 25.6 Å². The van der Waals surface area contributed by atoms with E-state index < -0.39 is 0 Å². The van der Waals surface area contributed by atoms with E-state index in [1.807, 2.05) is 11.0 Å². The second kappa shape index (κ2) is 7.57. The van der Waals surface area contributed by atoms with Crippen molar-refractivity contribution in [3.8, 4) is 0 Å². The minimum absolute atomic E-state index is 0.0434. The normalized spacial score (nSPS) is 22.3. The molecule has 1 aliphatic heterocycles. The highest BCUT2D eigenvalue weighted by Crippen LogP contribution is 2.33. The summed E-state index contributed by atoms with van der Waals surface area (Å²) < 4.78 is 10.3. The molecule has 1 aromatic rings. The maximum Gasteiger partial charge on any atom is 0.248 e. The predicted molar refractivity (Wildman–Crippen MR) is 82.3 cm³/mol. The van der Waals surface area contributed by atoms with E-state index in [-0.39, 0.29) is 17.9 Å². The third kappa shape index (κ3) is 4.29. The summed E-state index contributed by atoms with van der Waals surface area (Å²) in [6, 6.07) is 10.5. The summed E-state index contributed by atoms with van der Waals surface area (Å²) >= 11 is 0. The fourth-order valence-electron chi connectivity index (χ4n) is 2.92. The summed E-state index contributed by atoms with van der Waals surface area (Å²) in [7, 11) is 1.63. The van der Waals surface area contributed by atoms with E-state index in [4.69, 9.17) is 9.47 Å². The molecule has 0 radical (unpaired) electrons. The summed E-state index contributed by atoms with van der Waals surface area (Å²) in [5.74, 6) is 0.0768. The van der Waals surface area contributed by atoms with Crippen LogP contribution in [0, 0.1) is 0 Å². The molecule has 2 rings (SSSR count). The summed E-state index contributed by atoms with van der Waals surface area (Å²) in [6.45, 7) is 4.97. The molecule has 1 aliphatic rings. The zero-order valence-corrected chi connectivity index (χ0v) is 13.0. The molecule has 0 saturated carbocycles. The molecule has 0 unspecified atom stereocenters. The molecule has 4 nitrogen and oxygen atoms in total. The van der Waals surface area contributed by atoms with Gasteiger partial charge in [0.15, 0.2) is 0 Å². The molecular weight excluding hydrogens is 266 g/mol. The smallest absolute Gasteiger partial charge is 0.248 e. The van der Waals surface area contributed by atoms with Crippen LogP contribution in [0.25, 0.3) is 0 Å². The van der Waals surface area contributed by atoms with E-state index in [9.17, 15) is 4.79 Å². The van der Waals surface area contributed by atoms with Gasteiger partial charge < -0.3 is 14.4 Å². The van der Waals surface area contributed by atoms with Crippen LogP contribution >= 0.6 is 0 Å². The van der Waals surface area contributed by atoms with Crippen LogP contribution in [0.5, 0.6) is 0 Å². The van der Waals surface area contributed by atoms with Gasteiger partial charge in [0.1, 0.15) is 6.61 Å². The molecule has 0 bridgehead atoms. The van der Waals surface area contributed by atoms with Gasteiger partial charge in [-0.2, -0.15) is 0 Å². The molecule has 1 atom stereocenters. The van der Waals surface area contributed by atoms with Crippen molar-refractivity contribution >= 4 is 5.91 Å². The Morgan fingerprint density at radius 1 is 1.29 bits per heavy atom. The number of piperidine rings is 1. The van der Waals surface area contributed by atoms with E-state index >= 15 is 0 Å².